The lowest BCUT2D eigenvalue weighted by atomic mass is 10.1. The van der Waals surface area contributed by atoms with Crippen LogP contribution in [-0.2, 0) is 6.42 Å². The summed E-state index contributed by atoms with van der Waals surface area (Å²) >= 11 is 0. The molecule has 1 amide bonds. The Morgan fingerprint density at radius 1 is 1.12 bits per heavy atom. The molecule has 2 heterocycles. The zero-order chi connectivity index (χ0) is 18.2. The number of aromatic nitrogens is 2. The van der Waals surface area contributed by atoms with Crippen LogP contribution in [0.4, 0.5) is 5.69 Å². The van der Waals surface area contributed by atoms with Gasteiger partial charge in [0.25, 0.3) is 5.91 Å². The van der Waals surface area contributed by atoms with Crippen LogP contribution in [0.15, 0.2) is 42.9 Å². The lowest BCUT2D eigenvalue weighted by Crippen LogP contribution is -2.29. The number of rotatable bonds is 6. The van der Waals surface area contributed by atoms with E-state index in [1.807, 2.05) is 31.3 Å². The van der Waals surface area contributed by atoms with E-state index in [9.17, 15) is 4.79 Å². The summed E-state index contributed by atoms with van der Waals surface area (Å²) in [5.74, 6) is -0.0384. The van der Waals surface area contributed by atoms with Crippen LogP contribution < -0.4 is 5.32 Å². The molecule has 2 aromatic heterocycles. The smallest absolute Gasteiger partial charge is 0.272 e. The van der Waals surface area contributed by atoms with Crippen molar-refractivity contribution in [3.8, 4) is 0 Å². The van der Waals surface area contributed by atoms with Crippen molar-refractivity contribution in [3.63, 3.8) is 0 Å². The first-order valence-corrected chi connectivity index (χ1v) is 9.59. The molecular formula is C21H28N4O. The van der Waals surface area contributed by atoms with Gasteiger partial charge in [-0.2, -0.15) is 0 Å². The maximum Gasteiger partial charge on any atom is 0.272 e. The van der Waals surface area contributed by atoms with Gasteiger partial charge >= 0.3 is 0 Å². The molecule has 0 aliphatic heterocycles. The second-order valence-corrected chi connectivity index (χ2v) is 7.09. The van der Waals surface area contributed by atoms with Crippen LogP contribution in [0, 0.1) is 0 Å². The summed E-state index contributed by atoms with van der Waals surface area (Å²) in [6.45, 7) is 0.658. The molecule has 1 saturated carbocycles. The summed E-state index contributed by atoms with van der Waals surface area (Å²) in [5.41, 5.74) is 2.68. The SMILES string of the molecule is CN(CCc1ccncc1)C(=O)c1cc(NC2CCCCCC2)ccn1. The maximum atomic E-state index is 12.7. The van der Waals surface area contributed by atoms with Crippen molar-refractivity contribution in [1.82, 2.24) is 14.9 Å². The minimum Gasteiger partial charge on any atom is -0.382 e. The normalized spacial score (nSPS) is 15.3. The molecule has 2 aromatic rings. The maximum absolute atomic E-state index is 12.7. The molecule has 1 fully saturated rings. The third-order valence-corrected chi connectivity index (χ3v) is 5.04. The first-order chi connectivity index (χ1) is 12.7. The lowest BCUT2D eigenvalue weighted by Gasteiger charge is -2.19. The summed E-state index contributed by atoms with van der Waals surface area (Å²) < 4.78 is 0. The van der Waals surface area contributed by atoms with Crippen molar-refractivity contribution in [2.75, 3.05) is 18.9 Å². The van der Waals surface area contributed by atoms with Gasteiger partial charge in [0.2, 0.25) is 0 Å². The van der Waals surface area contributed by atoms with Crippen molar-refractivity contribution in [2.45, 2.75) is 51.0 Å². The van der Waals surface area contributed by atoms with Crippen LogP contribution >= 0.6 is 0 Å². The van der Waals surface area contributed by atoms with Gasteiger partial charge in [0.05, 0.1) is 0 Å². The Bertz CT molecular complexity index is 696. The first-order valence-electron chi connectivity index (χ1n) is 9.59. The molecule has 1 N–H and O–H groups in total. The molecule has 138 valence electrons. The van der Waals surface area contributed by atoms with Crippen LogP contribution in [-0.4, -0.2) is 40.4 Å². The molecule has 0 radical (unpaired) electrons. The number of pyridine rings is 2. The number of anilines is 1. The fraction of sp³-hybridized carbons (Fsp3) is 0.476. The number of nitrogens with one attached hydrogen (secondary N) is 1. The van der Waals surface area contributed by atoms with Crippen molar-refractivity contribution >= 4 is 11.6 Å². The second-order valence-electron chi connectivity index (χ2n) is 7.09. The Balaban J connectivity index is 1.58. The van der Waals surface area contributed by atoms with E-state index in [4.69, 9.17) is 0 Å². The summed E-state index contributed by atoms with van der Waals surface area (Å²) in [4.78, 5) is 22.7. The van der Waals surface area contributed by atoms with E-state index < -0.39 is 0 Å². The van der Waals surface area contributed by atoms with Gasteiger partial charge in [-0.3, -0.25) is 14.8 Å². The molecule has 26 heavy (non-hydrogen) atoms. The van der Waals surface area contributed by atoms with Gasteiger partial charge < -0.3 is 10.2 Å². The number of nitrogens with zero attached hydrogens (tertiary/aromatic N) is 3. The highest BCUT2D eigenvalue weighted by atomic mass is 16.2. The van der Waals surface area contributed by atoms with Crippen LogP contribution in [0.1, 0.15) is 54.6 Å². The molecule has 3 rings (SSSR count). The lowest BCUT2D eigenvalue weighted by molar-refractivity contribution is 0.0791. The Labute approximate surface area is 155 Å². The number of likely N-dealkylation sites (N-methyl/N-ethyl adjacent to an activating group) is 1. The molecule has 1 aliphatic rings. The predicted octanol–water partition coefficient (Wildman–Crippen LogP) is 3.93. The molecule has 5 nitrogen and oxygen atoms in total. The highest BCUT2D eigenvalue weighted by molar-refractivity contribution is 5.93. The topological polar surface area (TPSA) is 58.1 Å². The number of carbonyl (C=O) groups is 1. The average Bonchev–Trinajstić information content (AvgIpc) is 2.95. The summed E-state index contributed by atoms with van der Waals surface area (Å²) in [6.07, 6.45) is 13.7. The zero-order valence-electron chi connectivity index (χ0n) is 15.5. The van der Waals surface area contributed by atoms with Gasteiger partial charge in [-0.15, -0.1) is 0 Å². The second kappa shape index (κ2) is 9.32. The van der Waals surface area contributed by atoms with Crippen LogP contribution in [0.2, 0.25) is 0 Å². The van der Waals surface area contributed by atoms with Crippen molar-refractivity contribution in [2.24, 2.45) is 0 Å². The number of amides is 1. The summed E-state index contributed by atoms with van der Waals surface area (Å²) in [6, 6.07) is 8.31. The minimum atomic E-state index is -0.0384. The summed E-state index contributed by atoms with van der Waals surface area (Å²) in [7, 11) is 1.83. The van der Waals surface area contributed by atoms with Gasteiger partial charge in [-0.05, 0) is 49.1 Å². The number of carbonyl (C=O) groups excluding carboxylic acids is 1. The highest BCUT2D eigenvalue weighted by Gasteiger charge is 2.16. The zero-order valence-corrected chi connectivity index (χ0v) is 15.5. The molecule has 0 spiro atoms. The minimum absolute atomic E-state index is 0.0384. The fourth-order valence-corrected chi connectivity index (χ4v) is 3.44. The largest absolute Gasteiger partial charge is 0.382 e. The Kier molecular flexibility index (Phi) is 6.58. The van der Waals surface area contributed by atoms with Gasteiger partial charge in [-0.25, -0.2) is 0 Å². The van der Waals surface area contributed by atoms with E-state index in [-0.39, 0.29) is 5.91 Å². The van der Waals surface area contributed by atoms with Gasteiger partial charge in [0.1, 0.15) is 5.69 Å². The van der Waals surface area contributed by atoms with Gasteiger partial charge in [0.15, 0.2) is 0 Å². The standard InChI is InChI=1S/C21H28N4O/c1-25(15-11-17-8-12-22-13-9-17)21(26)20-16-19(10-14-23-20)24-18-6-4-2-3-5-7-18/h8-10,12-14,16,18H,2-7,11,15H2,1H3,(H,23,24). The van der Waals surface area contributed by atoms with Crippen LogP contribution in [0.3, 0.4) is 0 Å². The molecule has 5 heteroatoms. The average molecular weight is 352 g/mol. The van der Waals surface area contributed by atoms with E-state index >= 15 is 0 Å². The van der Waals surface area contributed by atoms with E-state index in [0.717, 1.165) is 12.1 Å². The summed E-state index contributed by atoms with van der Waals surface area (Å²) in [5, 5.41) is 3.60. The van der Waals surface area contributed by atoms with E-state index in [1.165, 1.54) is 44.1 Å². The quantitative estimate of drug-likeness (QED) is 0.801. The Hall–Kier alpha value is -2.43. The Morgan fingerprint density at radius 3 is 2.58 bits per heavy atom. The van der Waals surface area contributed by atoms with Crippen molar-refractivity contribution in [3.05, 3.63) is 54.1 Å². The molecule has 0 bridgehead atoms. The number of hydrogen-bond donors (Lipinski definition) is 1. The molecule has 0 unspecified atom stereocenters. The van der Waals surface area contributed by atoms with E-state index in [1.54, 1.807) is 23.5 Å². The number of hydrogen-bond acceptors (Lipinski definition) is 4. The van der Waals surface area contributed by atoms with E-state index in [0.29, 0.717) is 18.3 Å². The van der Waals surface area contributed by atoms with Gasteiger partial charge in [0, 0.05) is 43.9 Å². The molecule has 0 saturated heterocycles. The van der Waals surface area contributed by atoms with Crippen LogP contribution in [0.25, 0.3) is 0 Å². The predicted molar refractivity (Wildman–Crippen MR) is 104 cm³/mol. The van der Waals surface area contributed by atoms with Crippen LogP contribution in [0.5, 0.6) is 0 Å². The van der Waals surface area contributed by atoms with Crippen molar-refractivity contribution < 1.29 is 4.79 Å². The monoisotopic (exact) mass is 352 g/mol. The fourth-order valence-electron chi connectivity index (χ4n) is 3.44. The molecule has 0 atom stereocenters. The van der Waals surface area contributed by atoms with E-state index in [2.05, 4.69) is 15.3 Å². The Morgan fingerprint density at radius 2 is 1.85 bits per heavy atom. The highest BCUT2D eigenvalue weighted by Crippen LogP contribution is 2.21. The molecule has 0 aromatic carbocycles. The first kappa shape index (κ1) is 18.4. The third kappa shape index (κ3) is 5.28. The van der Waals surface area contributed by atoms with Crippen molar-refractivity contribution in [1.29, 1.82) is 0 Å². The van der Waals surface area contributed by atoms with Gasteiger partial charge in [-0.1, -0.05) is 25.7 Å². The molecule has 1 aliphatic carbocycles. The molecular weight excluding hydrogens is 324 g/mol. The third-order valence-electron chi connectivity index (χ3n) is 5.04.